The van der Waals surface area contributed by atoms with Gasteiger partial charge < -0.3 is 9.26 Å². The van der Waals surface area contributed by atoms with Gasteiger partial charge in [-0.25, -0.2) is 4.98 Å². The predicted molar refractivity (Wildman–Crippen MR) is 116 cm³/mol. The standard InChI is InChI=1S/C22H19N7O3/c1-13-4-5-15(10-14(13)2)20-24-18(32-26-20)11-28-12-23-21-19(22(28)30)25-27-29(21)16-6-8-17(31-3)9-7-16/h4-10,12H,11H2,1-3H3. The molecule has 0 bridgehead atoms. The van der Waals surface area contributed by atoms with Crippen LogP contribution in [0.3, 0.4) is 0 Å². The quantitative estimate of drug-likeness (QED) is 0.419. The maximum atomic E-state index is 12.9. The van der Waals surface area contributed by atoms with Gasteiger partial charge in [0.15, 0.2) is 11.2 Å². The van der Waals surface area contributed by atoms with Crippen molar-refractivity contribution in [2.45, 2.75) is 20.4 Å². The van der Waals surface area contributed by atoms with Gasteiger partial charge in [0.25, 0.3) is 5.56 Å². The zero-order valence-corrected chi connectivity index (χ0v) is 17.7. The van der Waals surface area contributed by atoms with Gasteiger partial charge in [0.05, 0.1) is 12.8 Å². The number of fused-ring (bicyclic) bond motifs is 1. The summed E-state index contributed by atoms with van der Waals surface area (Å²) in [6, 6.07) is 13.2. The Bertz CT molecular complexity index is 1480. The summed E-state index contributed by atoms with van der Waals surface area (Å²) >= 11 is 0. The number of ether oxygens (including phenoxy) is 1. The molecule has 0 amide bonds. The molecule has 2 aromatic carbocycles. The smallest absolute Gasteiger partial charge is 0.284 e. The van der Waals surface area contributed by atoms with Gasteiger partial charge in [0, 0.05) is 5.56 Å². The van der Waals surface area contributed by atoms with Gasteiger partial charge in [0.1, 0.15) is 18.6 Å². The number of aryl methyl sites for hydroxylation is 2. The highest BCUT2D eigenvalue weighted by atomic mass is 16.5. The van der Waals surface area contributed by atoms with Crippen LogP contribution in [0, 0.1) is 13.8 Å². The minimum Gasteiger partial charge on any atom is -0.497 e. The average molecular weight is 429 g/mol. The van der Waals surface area contributed by atoms with Crippen molar-refractivity contribution < 1.29 is 9.26 Å². The molecule has 3 aromatic heterocycles. The third kappa shape index (κ3) is 3.41. The molecule has 3 heterocycles. The summed E-state index contributed by atoms with van der Waals surface area (Å²) in [5.74, 6) is 1.48. The summed E-state index contributed by atoms with van der Waals surface area (Å²) in [6.07, 6.45) is 1.42. The molecule has 5 rings (SSSR count). The lowest BCUT2D eigenvalue weighted by molar-refractivity contribution is 0.369. The van der Waals surface area contributed by atoms with E-state index < -0.39 is 0 Å². The van der Waals surface area contributed by atoms with Crippen LogP contribution in [0.4, 0.5) is 0 Å². The van der Waals surface area contributed by atoms with Crippen molar-refractivity contribution in [1.82, 2.24) is 34.7 Å². The molecule has 0 spiro atoms. The minimum atomic E-state index is -0.347. The lowest BCUT2D eigenvalue weighted by Gasteiger charge is -2.04. The second-order valence-corrected chi connectivity index (χ2v) is 7.36. The maximum absolute atomic E-state index is 12.9. The van der Waals surface area contributed by atoms with E-state index in [0.29, 0.717) is 28.8 Å². The highest BCUT2D eigenvalue weighted by Crippen LogP contribution is 2.20. The second-order valence-electron chi connectivity index (χ2n) is 7.36. The van der Waals surface area contributed by atoms with E-state index in [1.807, 2.05) is 44.2 Å². The van der Waals surface area contributed by atoms with E-state index in [0.717, 1.165) is 11.1 Å². The van der Waals surface area contributed by atoms with Crippen molar-refractivity contribution in [3.05, 3.63) is 76.2 Å². The van der Waals surface area contributed by atoms with E-state index in [1.54, 1.807) is 19.2 Å². The predicted octanol–water partition coefficient (Wildman–Crippen LogP) is 2.70. The molecule has 0 aliphatic heterocycles. The molecule has 0 atom stereocenters. The number of hydrogen-bond donors (Lipinski definition) is 0. The lowest BCUT2D eigenvalue weighted by Crippen LogP contribution is -2.21. The van der Waals surface area contributed by atoms with Gasteiger partial charge in [-0.3, -0.25) is 9.36 Å². The van der Waals surface area contributed by atoms with Crippen LogP contribution in [0.5, 0.6) is 5.75 Å². The molecular formula is C22H19N7O3. The summed E-state index contributed by atoms with van der Waals surface area (Å²) < 4.78 is 13.4. The number of rotatable bonds is 5. The first-order chi connectivity index (χ1) is 15.5. The molecule has 0 aliphatic rings. The van der Waals surface area contributed by atoms with Crippen LogP contribution in [-0.2, 0) is 6.54 Å². The van der Waals surface area contributed by atoms with Gasteiger partial charge >= 0.3 is 0 Å². The fourth-order valence-corrected chi connectivity index (χ4v) is 3.32. The molecule has 0 N–H and O–H groups in total. The van der Waals surface area contributed by atoms with E-state index in [1.165, 1.54) is 21.1 Å². The van der Waals surface area contributed by atoms with Crippen LogP contribution < -0.4 is 10.3 Å². The Morgan fingerprint density at radius 3 is 2.62 bits per heavy atom. The fourth-order valence-electron chi connectivity index (χ4n) is 3.32. The van der Waals surface area contributed by atoms with E-state index in [4.69, 9.17) is 9.26 Å². The Balaban J connectivity index is 1.44. The Morgan fingerprint density at radius 1 is 1.06 bits per heavy atom. The van der Waals surface area contributed by atoms with Crippen molar-refractivity contribution in [3.8, 4) is 22.8 Å². The molecule has 0 saturated heterocycles. The molecule has 0 fully saturated rings. The Labute approximate surface area is 182 Å². The molecular weight excluding hydrogens is 410 g/mol. The van der Waals surface area contributed by atoms with Crippen LogP contribution in [-0.4, -0.2) is 41.8 Å². The first-order valence-corrected chi connectivity index (χ1v) is 9.89. The Kier molecular flexibility index (Phi) is 4.74. The summed E-state index contributed by atoms with van der Waals surface area (Å²) in [4.78, 5) is 21.7. The first-order valence-electron chi connectivity index (χ1n) is 9.89. The zero-order valence-electron chi connectivity index (χ0n) is 17.7. The van der Waals surface area contributed by atoms with Crippen LogP contribution in [0.2, 0.25) is 0 Å². The van der Waals surface area contributed by atoms with E-state index in [9.17, 15) is 4.79 Å². The number of methoxy groups -OCH3 is 1. The van der Waals surface area contributed by atoms with Gasteiger partial charge in [0.2, 0.25) is 11.7 Å². The van der Waals surface area contributed by atoms with E-state index >= 15 is 0 Å². The van der Waals surface area contributed by atoms with Crippen LogP contribution in [0.15, 0.2) is 58.1 Å². The Hall–Kier alpha value is -4.34. The monoisotopic (exact) mass is 429 g/mol. The molecule has 0 aliphatic carbocycles. The van der Waals surface area contributed by atoms with Crippen molar-refractivity contribution in [2.24, 2.45) is 0 Å². The molecule has 5 aromatic rings. The molecule has 10 heteroatoms. The summed E-state index contributed by atoms with van der Waals surface area (Å²) in [6.45, 7) is 4.15. The van der Waals surface area contributed by atoms with Crippen molar-refractivity contribution in [3.63, 3.8) is 0 Å². The van der Waals surface area contributed by atoms with Gasteiger partial charge in [-0.15, -0.1) is 5.10 Å². The topological polar surface area (TPSA) is 114 Å². The number of nitrogens with zero attached hydrogens (tertiary/aromatic N) is 7. The second kappa shape index (κ2) is 7.73. The number of hydrogen-bond acceptors (Lipinski definition) is 8. The summed E-state index contributed by atoms with van der Waals surface area (Å²) in [7, 11) is 1.60. The normalized spacial score (nSPS) is 11.2. The van der Waals surface area contributed by atoms with Gasteiger partial charge in [-0.2, -0.15) is 9.67 Å². The number of benzene rings is 2. The molecule has 0 saturated carbocycles. The molecule has 0 unspecified atom stereocenters. The molecule has 0 radical (unpaired) electrons. The average Bonchev–Trinajstić information content (AvgIpc) is 3.45. The summed E-state index contributed by atoms with van der Waals surface area (Å²) in [5, 5.41) is 12.2. The third-order valence-electron chi connectivity index (χ3n) is 5.29. The SMILES string of the molecule is COc1ccc(-n2nnc3c(=O)n(Cc4nc(-c5ccc(C)c(C)c5)no4)cnc32)cc1. The fraction of sp³-hybridized carbons (Fsp3) is 0.182. The Morgan fingerprint density at radius 2 is 1.88 bits per heavy atom. The van der Waals surface area contributed by atoms with Crippen LogP contribution in [0.25, 0.3) is 28.2 Å². The van der Waals surface area contributed by atoms with Crippen molar-refractivity contribution in [1.29, 1.82) is 0 Å². The van der Waals surface area contributed by atoms with Crippen molar-refractivity contribution >= 4 is 11.2 Å². The van der Waals surface area contributed by atoms with Gasteiger partial charge in [-0.1, -0.05) is 22.5 Å². The molecule has 160 valence electrons. The van der Waals surface area contributed by atoms with Crippen LogP contribution in [0.1, 0.15) is 17.0 Å². The number of aromatic nitrogens is 7. The third-order valence-corrected chi connectivity index (χ3v) is 5.29. The highest BCUT2D eigenvalue weighted by Gasteiger charge is 2.16. The van der Waals surface area contributed by atoms with E-state index in [2.05, 4.69) is 25.4 Å². The van der Waals surface area contributed by atoms with Crippen molar-refractivity contribution in [2.75, 3.05) is 7.11 Å². The minimum absolute atomic E-state index is 0.0784. The highest BCUT2D eigenvalue weighted by molar-refractivity contribution is 5.70. The zero-order chi connectivity index (χ0) is 22.2. The summed E-state index contributed by atoms with van der Waals surface area (Å²) in [5.41, 5.74) is 4.06. The molecule has 32 heavy (non-hydrogen) atoms. The maximum Gasteiger partial charge on any atom is 0.284 e. The first kappa shape index (κ1) is 19.6. The lowest BCUT2D eigenvalue weighted by atomic mass is 10.1. The van der Waals surface area contributed by atoms with E-state index in [-0.39, 0.29) is 17.6 Å². The largest absolute Gasteiger partial charge is 0.497 e. The van der Waals surface area contributed by atoms with Gasteiger partial charge in [-0.05, 0) is 55.3 Å². The molecule has 10 nitrogen and oxygen atoms in total. The van der Waals surface area contributed by atoms with Crippen LogP contribution >= 0.6 is 0 Å².